The van der Waals surface area contributed by atoms with E-state index >= 15 is 0 Å². The van der Waals surface area contributed by atoms with Gasteiger partial charge in [-0.25, -0.2) is 4.98 Å². The van der Waals surface area contributed by atoms with E-state index in [4.69, 9.17) is 4.74 Å². The number of nitrogens with zero attached hydrogens (tertiary/aromatic N) is 2. The van der Waals surface area contributed by atoms with Crippen molar-refractivity contribution in [3.8, 4) is 0 Å². The highest BCUT2D eigenvalue weighted by molar-refractivity contribution is 7.14. The van der Waals surface area contributed by atoms with Crippen molar-refractivity contribution in [2.24, 2.45) is 0 Å². The third-order valence-electron chi connectivity index (χ3n) is 4.57. The average Bonchev–Trinajstić information content (AvgIpc) is 3.28. The fourth-order valence-corrected chi connectivity index (χ4v) is 3.82. The van der Waals surface area contributed by atoms with Crippen LogP contribution in [0, 0.1) is 0 Å². The molecule has 0 unspecified atom stereocenters. The zero-order valence-electron chi connectivity index (χ0n) is 16.9. The second kappa shape index (κ2) is 8.73. The lowest BCUT2D eigenvalue weighted by atomic mass is 9.87. The van der Waals surface area contributed by atoms with Crippen molar-refractivity contribution < 1.29 is 19.1 Å². The summed E-state index contributed by atoms with van der Waals surface area (Å²) in [5.41, 5.74) is 2.39. The third kappa shape index (κ3) is 5.63. The first-order valence-corrected chi connectivity index (χ1v) is 10.4. The Hall–Kier alpha value is -2.74. The van der Waals surface area contributed by atoms with Crippen molar-refractivity contribution in [1.29, 1.82) is 0 Å². The Morgan fingerprint density at radius 1 is 1.24 bits per heavy atom. The number of hydrogen-bond acceptors (Lipinski definition) is 6. The van der Waals surface area contributed by atoms with Gasteiger partial charge in [-0.05, 0) is 29.5 Å². The molecule has 8 heteroatoms. The molecule has 1 aromatic heterocycles. The maximum atomic E-state index is 12.0. The molecule has 29 heavy (non-hydrogen) atoms. The van der Waals surface area contributed by atoms with E-state index in [1.165, 1.54) is 16.9 Å². The zero-order valence-corrected chi connectivity index (χ0v) is 17.7. The van der Waals surface area contributed by atoms with Crippen LogP contribution in [0.5, 0.6) is 0 Å². The van der Waals surface area contributed by atoms with Gasteiger partial charge in [0.2, 0.25) is 5.91 Å². The van der Waals surface area contributed by atoms with Crippen LogP contribution in [0.3, 0.4) is 0 Å². The maximum Gasteiger partial charge on any atom is 0.312 e. The number of ether oxygens (including phenoxy) is 1. The van der Waals surface area contributed by atoms with Crippen LogP contribution in [-0.4, -0.2) is 35.9 Å². The molecule has 2 amide bonds. The molecule has 0 aliphatic carbocycles. The number of rotatable bonds is 6. The Kier molecular flexibility index (Phi) is 6.32. The maximum absolute atomic E-state index is 12.0. The largest absolute Gasteiger partial charge is 0.455 e. The van der Waals surface area contributed by atoms with Gasteiger partial charge in [0, 0.05) is 24.0 Å². The first-order chi connectivity index (χ1) is 13.7. The van der Waals surface area contributed by atoms with Crippen molar-refractivity contribution >= 4 is 39.9 Å². The molecule has 1 aliphatic rings. The summed E-state index contributed by atoms with van der Waals surface area (Å²) in [5, 5.41) is 5.05. The average molecular weight is 416 g/mol. The summed E-state index contributed by atoms with van der Waals surface area (Å²) in [7, 11) is 0. The van der Waals surface area contributed by atoms with Gasteiger partial charge in [-0.2, -0.15) is 0 Å². The molecular formula is C21H25N3O4S. The minimum absolute atomic E-state index is 0.0356. The minimum atomic E-state index is -0.534. The minimum Gasteiger partial charge on any atom is -0.455 e. The lowest BCUT2D eigenvalue weighted by Crippen LogP contribution is -2.23. The van der Waals surface area contributed by atoms with Crippen LogP contribution in [-0.2, 0) is 31.0 Å². The van der Waals surface area contributed by atoms with E-state index in [0.717, 1.165) is 6.42 Å². The molecule has 1 aromatic carbocycles. The van der Waals surface area contributed by atoms with Gasteiger partial charge in [-0.15, -0.1) is 11.3 Å². The zero-order chi connectivity index (χ0) is 21.0. The molecule has 154 valence electrons. The van der Waals surface area contributed by atoms with Crippen LogP contribution in [0.1, 0.15) is 44.9 Å². The normalized spacial score (nSPS) is 14.2. The summed E-state index contributed by atoms with van der Waals surface area (Å²) >= 11 is 1.33. The van der Waals surface area contributed by atoms with E-state index in [1.807, 2.05) is 24.3 Å². The molecule has 1 fully saturated rings. The Morgan fingerprint density at radius 3 is 2.59 bits per heavy atom. The molecule has 7 nitrogen and oxygen atoms in total. The summed E-state index contributed by atoms with van der Waals surface area (Å²) < 4.78 is 5.05. The van der Waals surface area contributed by atoms with E-state index in [-0.39, 0.29) is 24.3 Å². The third-order valence-corrected chi connectivity index (χ3v) is 5.48. The highest BCUT2D eigenvalue weighted by atomic mass is 32.1. The summed E-state index contributed by atoms with van der Waals surface area (Å²) in [6.07, 6.45) is 1.32. The predicted octanol–water partition coefficient (Wildman–Crippen LogP) is 3.29. The molecule has 0 atom stereocenters. The number of esters is 1. The van der Waals surface area contributed by atoms with Gasteiger partial charge in [0.1, 0.15) is 0 Å². The van der Waals surface area contributed by atoms with Crippen LogP contribution in [0.4, 0.5) is 10.8 Å². The van der Waals surface area contributed by atoms with Crippen molar-refractivity contribution in [2.75, 3.05) is 23.4 Å². The van der Waals surface area contributed by atoms with Crippen LogP contribution in [0.2, 0.25) is 0 Å². The Balaban J connectivity index is 1.45. The molecule has 0 spiro atoms. The standard InChI is InChI=1S/C21H25N3O4S/c1-21(2,3)14-6-8-15(9-7-14)22-17(25)12-28-19(27)11-16-13-29-20(23-16)24-10-4-5-18(24)26/h6-9,13H,4-5,10-12H2,1-3H3,(H,22,25). The van der Waals surface area contributed by atoms with E-state index in [2.05, 4.69) is 31.1 Å². The van der Waals surface area contributed by atoms with Crippen LogP contribution >= 0.6 is 11.3 Å². The predicted molar refractivity (Wildman–Crippen MR) is 112 cm³/mol. The number of nitrogens with one attached hydrogen (secondary N) is 1. The molecule has 0 bridgehead atoms. The Labute approximate surface area is 174 Å². The fourth-order valence-electron chi connectivity index (χ4n) is 2.95. The van der Waals surface area contributed by atoms with Gasteiger partial charge in [-0.1, -0.05) is 32.9 Å². The summed E-state index contributed by atoms with van der Waals surface area (Å²) in [6.45, 7) is 6.66. The van der Waals surface area contributed by atoms with Gasteiger partial charge < -0.3 is 10.1 Å². The fraction of sp³-hybridized carbons (Fsp3) is 0.429. The van der Waals surface area contributed by atoms with Crippen molar-refractivity contribution in [3.05, 3.63) is 40.9 Å². The second-order valence-electron chi connectivity index (χ2n) is 7.98. The van der Waals surface area contributed by atoms with E-state index in [9.17, 15) is 14.4 Å². The van der Waals surface area contributed by atoms with Gasteiger partial charge in [0.25, 0.3) is 5.91 Å². The monoisotopic (exact) mass is 415 g/mol. The topological polar surface area (TPSA) is 88.6 Å². The number of benzene rings is 1. The number of hydrogen-bond donors (Lipinski definition) is 1. The Bertz CT molecular complexity index is 899. The van der Waals surface area contributed by atoms with Gasteiger partial charge in [0.15, 0.2) is 11.7 Å². The SMILES string of the molecule is CC(C)(C)c1ccc(NC(=O)COC(=O)Cc2csc(N3CCCC3=O)n2)cc1. The van der Waals surface area contributed by atoms with Gasteiger partial charge in [-0.3, -0.25) is 19.3 Å². The molecule has 2 heterocycles. The number of thiazole rings is 1. The highest BCUT2D eigenvalue weighted by Gasteiger charge is 2.24. The molecule has 3 rings (SSSR count). The van der Waals surface area contributed by atoms with Crippen LogP contribution in [0.15, 0.2) is 29.6 Å². The highest BCUT2D eigenvalue weighted by Crippen LogP contribution is 2.25. The number of carbonyl (C=O) groups excluding carboxylic acids is 3. The molecule has 2 aromatic rings. The van der Waals surface area contributed by atoms with Crippen molar-refractivity contribution in [2.45, 2.75) is 45.4 Å². The van der Waals surface area contributed by atoms with E-state index in [1.54, 1.807) is 10.3 Å². The molecule has 0 radical (unpaired) electrons. The van der Waals surface area contributed by atoms with Gasteiger partial charge >= 0.3 is 5.97 Å². The lowest BCUT2D eigenvalue weighted by Gasteiger charge is -2.19. The number of carbonyl (C=O) groups is 3. The molecule has 0 saturated carbocycles. The quantitative estimate of drug-likeness (QED) is 0.732. The van der Waals surface area contributed by atoms with E-state index < -0.39 is 11.9 Å². The summed E-state index contributed by atoms with van der Waals surface area (Å²) in [5.74, 6) is -0.878. The molecular weight excluding hydrogens is 390 g/mol. The summed E-state index contributed by atoms with van der Waals surface area (Å²) in [6, 6.07) is 7.59. The van der Waals surface area contributed by atoms with Gasteiger partial charge in [0.05, 0.1) is 12.1 Å². The molecule has 1 N–H and O–H groups in total. The van der Waals surface area contributed by atoms with Crippen LogP contribution in [0.25, 0.3) is 0 Å². The first-order valence-electron chi connectivity index (χ1n) is 9.53. The smallest absolute Gasteiger partial charge is 0.312 e. The molecule has 1 saturated heterocycles. The summed E-state index contributed by atoms with van der Waals surface area (Å²) in [4.78, 5) is 41.7. The van der Waals surface area contributed by atoms with Crippen molar-refractivity contribution in [3.63, 3.8) is 0 Å². The number of anilines is 2. The van der Waals surface area contributed by atoms with E-state index in [0.29, 0.717) is 29.5 Å². The number of aromatic nitrogens is 1. The first kappa shape index (κ1) is 21.0. The Morgan fingerprint density at radius 2 is 1.97 bits per heavy atom. The lowest BCUT2D eigenvalue weighted by molar-refractivity contribution is -0.146. The number of amides is 2. The van der Waals surface area contributed by atoms with Crippen molar-refractivity contribution in [1.82, 2.24) is 4.98 Å². The second-order valence-corrected chi connectivity index (χ2v) is 8.82. The molecule has 1 aliphatic heterocycles. The van der Waals surface area contributed by atoms with Crippen LogP contribution < -0.4 is 10.2 Å².